The van der Waals surface area contributed by atoms with Crippen LogP contribution >= 0.6 is 0 Å². The smallest absolute Gasteiger partial charge is 0.220 e. The summed E-state index contributed by atoms with van der Waals surface area (Å²) in [7, 11) is 0. The van der Waals surface area contributed by atoms with Crippen LogP contribution in [0.5, 0.6) is 0 Å². The third kappa shape index (κ3) is 2.40. The molecule has 0 aromatic heterocycles. The molecule has 2 atom stereocenters. The minimum atomic E-state index is 0.169. The summed E-state index contributed by atoms with van der Waals surface area (Å²) in [6.07, 6.45) is 1.59. The highest BCUT2D eigenvalue weighted by molar-refractivity contribution is 5.78. The number of fused-ring (bicyclic) bond motifs is 1. The molecule has 4 heteroatoms. The molecule has 0 saturated carbocycles. The van der Waals surface area contributed by atoms with Gasteiger partial charge in [-0.15, -0.1) is 0 Å². The molecule has 1 aromatic carbocycles. The van der Waals surface area contributed by atoms with Crippen LogP contribution in [0.3, 0.4) is 0 Å². The lowest BCUT2D eigenvalue weighted by Gasteiger charge is -2.27. The molecule has 96 valence electrons. The van der Waals surface area contributed by atoms with Gasteiger partial charge in [0.15, 0.2) is 0 Å². The van der Waals surface area contributed by atoms with E-state index >= 15 is 0 Å². The number of amides is 1. The van der Waals surface area contributed by atoms with Gasteiger partial charge in [-0.2, -0.15) is 0 Å². The van der Waals surface area contributed by atoms with Crippen molar-refractivity contribution in [3.05, 3.63) is 35.4 Å². The summed E-state index contributed by atoms with van der Waals surface area (Å²) in [5.41, 5.74) is 2.59. The molecular weight excluding hydrogens is 228 g/mol. The van der Waals surface area contributed by atoms with Crippen LogP contribution in [0.4, 0.5) is 0 Å². The van der Waals surface area contributed by atoms with Crippen molar-refractivity contribution in [1.82, 2.24) is 10.6 Å². The van der Waals surface area contributed by atoms with E-state index in [0.29, 0.717) is 19.6 Å². The summed E-state index contributed by atoms with van der Waals surface area (Å²) < 4.78 is 5.60. The molecule has 2 aliphatic heterocycles. The normalized spacial score (nSPS) is 26.8. The van der Waals surface area contributed by atoms with Crippen molar-refractivity contribution in [3.8, 4) is 0 Å². The molecule has 2 unspecified atom stereocenters. The lowest BCUT2D eigenvalue weighted by molar-refractivity contribution is -0.119. The van der Waals surface area contributed by atoms with Gasteiger partial charge in [-0.25, -0.2) is 0 Å². The molecule has 0 radical (unpaired) electrons. The van der Waals surface area contributed by atoms with Crippen molar-refractivity contribution < 1.29 is 9.53 Å². The van der Waals surface area contributed by atoms with Crippen LogP contribution in [-0.4, -0.2) is 25.1 Å². The predicted octanol–water partition coefficient (Wildman–Crippen LogP) is 1.13. The highest BCUT2D eigenvalue weighted by atomic mass is 16.5. The Labute approximate surface area is 107 Å². The molecule has 1 fully saturated rings. The fourth-order valence-corrected chi connectivity index (χ4v) is 2.67. The average molecular weight is 246 g/mol. The second-order valence-electron chi connectivity index (χ2n) is 4.98. The molecule has 2 N–H and O–H groups in total. The number of nitrogens with one attached hydrogen (secondary N) is 2. The maximum absolute atomic E-state index is 11.1. The lowest BCUT2D eigenvalue weighted by Crippen LogP contribution is -2.39. The van der Waals surface area contributed by atoms with Gasteiger partial charge < -0.3 is 15.4 Å². The van der Waals surface area contributed by atoms with Gasteiger partial charge >= 0.3 is 0 Å². The van der Waals surface area contributed by atoms with Crippen molar-refractivity contribution in [3.63, 3.8) is 0 Å². The highest BCUT2D eigenvalue weighted by Crippen LogP contribution is 2.24. The summed E-state index contributed by atoms with van der Waals surface area (Å²) in [5, 5.41) is 6.48. The number of carbonyl (C=O) groups excluding carboxylic acids is 1. The van der Waals surface area contributed by atoms with Crippen LogP contribution in [0.15, 0.2) is 24.3 Å². The lowest BCUT2D eigenvalue weighted by atomic mass is 9.99. The summed E-state index contributed by atoms with van der Waals surface area (Å²) in [6, 6.07) is 8.89. The Morgan fingerprint density at radius 1 is 1.39 bits per heavy atom. The van der Waals surface area contributed by atoms with Crippen LogP contribution in [-0.2, 0) is 16.1 Å². The molecule has 0 spiro atoms. The SMILES string of the molecule is O=C1CCC(CNC2COCc3ccccc32)N1. The van der Waals surface area contributed by atoms with E-state index in [1.54, 1.807) is 0 Å². The first-order valence-corrected chi connectivity index (χ1v) is 6.51. The first-order chi connectivity index (χ1) is 8.83. The first kappa shape index (κ1) is 11.7. The van der Waals surface area contributed by atoms with Crippen molar-refractivity contribution >= 4 is 5.91 Å². The Morgan fingerprint density at radius 2 is 2.28 bits per heavy atom. The number of hydrogen-bond acceptors (Lipinski definition) is 3. The second-order valence-corrected chi connectivity index (χ2v) is 4.98. The molecular formula is C14H18N2O2. The van der Waals surface area contributed by atoms with Gasteiger partial charge in [0.1, 0.15) is 0 Å². The Morgan fingerprint density at radius 3 is 3.11 bits per heavy atom. The Hall–Kier alpha value is -1.39. The maximum atomic E-state index is 11.1. The molecule has 2 heterocycles. The van der Waals surface area contributed by atoms with E-state index in [4.69, 9.17) is 4.74 Å². The zero-order chi connectivity index (χ0) is 12.4. The van der Waals surface area contributed by atoms with Gasteiger partial charge in [-0.3, -0.25) is 4.79 Å². The van der Waals surface area contributed by atoms with Crippen LogP contribution < -0.4 is 10.6 Å². The van der Waals surface area contributed by atoms with Crippen molar-refractivity contribution in [2.24, 2.45) is 0 Å². The van der Waals surface area contributed by atoms with Gasteiger partial charge in [-0.05, 0) is 17.5 Å². The summed E-state index contributed by atoms with van der Waals surface area (Å²) in [4.78, 5) is 11.1. The molecule has 18 heavy (non-hydrogen) atoms. The van der Waals surface area contributed by atoms with Gasteiger partial charge in [0.05, 0.1) is 19.3 Å². The molecule has 3 rings (SSSR count). The first-order valence-electron chi connectivity index (χ1n) is 6.51. The number of carbonyl (C=O) groups is 1. The second kappa shape index (κ2) is 5.08. The summed E-state index contributed by atoms with van der Waals surface area (Å²) >= 11 is 0. The third-order valence-corrected chi connectivity index (χ3v) is 3.67. The molecule has 0 aliphatic carbocycles. The van der Waals surface area contributed by atoms with E-state index in [9.17, 15) is 4.79 Å². The fraction of sp³-hybridized carbons (Fsp3) is 0.500. The molecule has 1 aromatic rings. The zero-order valence-corrected chi connectivity index (χ0v) is 10.3. The number of ether oxygens (including phenoxy) is 1. The van der Waals surface area contributed by atoms with E-state index < -0.39 is 0 Å². The third-order valence-electron chi connectivity index (χ3n) is 3.67. The van der Waals surface area contributed by atoms with Gasteiger partial charge in [0.2, 0.25) is 5.91 Å². The predicted molar refractivity (Wildman–Crippen MR) is 68.0 cm³/mol. The van der Waals surface area contributed by atoms with Crippen LogP contribution in [0.2, 0.25) is 0 Å². The van der Waals surface area contributed by atoms with Crippen LogP contribution in [0, 0.1) is 0 Å². The Kier molecular flexibility index (Phi) is 3.30. The maximum Gasteiger partial charge on any atom is 0.220 e. The zero-order valence-electron chi connectivity index (χ0n) is 10.3. The number of benzene rings is 1. The monoisotopic (exact) mass is 246 g/mol. The van der Waals surface area contributed by atoms with E-state index in [1.807, 2.05) is 6.07 Å². The topological polar surface area (TPSA) is 50.4 Å². The summed E-state index contributed by atoms with van der Waals surface area (Å²) in [6.45, 7) is 2.22. The van der Waals surface area contributed by atoms with E-state index in [2.05, 4.69) is 28.8 Å². The highest BCUT2D eigenvalue weighted by Gasteiger charge is 2.24. The molecule has 0 bridgehead atoms. The molecule has 1 amide bonds. The van der Waals surface area contributed by atoms with Gasteiger partial charge in [0.25, 0.3) is 0 Å². The number of rotatable bonds is 3. The quantitative estimate of drug-likeness (QED) is 0.840. The number of hydrogen-bond donors (Lipinski definition) is 2. The van der Waals surface area contributed by atoms with E-state index in [0.717, 1.165) is 13.0 Å². The van der Waals surface area contributed by atoms with E-state index in [1.165, 1.54) is 11.1 Å². The van der Waals surface area contributed by atoms with E-state index in [-0.39, 0.29) is 18.0 Å². The molecule has 2 aliphatic rings. The van der Waals surface area contributed by atoms with Gasteiger partial charge in [0, 0.05) is 19.0 Å². The average Bonchev–Trinajstić information content (AvgIpc) is 2.82. The largest absolute Gasteiger partial charge is 0.375 e. The van der Waals surface area contributed by atoms with Crippen molar-refractivity contribution in [1.29, 1.82) is 0 Å². The minimum Gasteiger partial charge on any atom is -0.375 e. The van der Waals surface area contributed by atoms with Crippen LogP contribution in [0.1, 0.15) is 30.0 Å². The minimum absolute atomic E-state index is 0.169. The van der Waals surface area contributed by atoms with Crippen molar-refractivity contribution in [2.45, 2.75) is 31.5 Å². The molecule has 4 nitrogen and oxygen atoms in total. The molecule has 1 saturated heterocycles. The Bertz CT molecular complexity index is 447. The Balaban J connectivity index is 1.62. The fourth-order valence-electron chi connectivity index (χ4n) is 2.67. The van der Waals surface area contributed by atoms with Crippen LogP contribution in [0.25, 0.3) is 0 Å². The standard InChI is InChI=1S/C14H18N2O2/c17-14-6-5-11(16-14)7-15-13-9-18-8-10-3-1-2-4-12(10)13/h1-4,11,13,15H,5-9H2,(H,16,17). The summed E-state index contributed by atoms with van der Waals surface area (Å²) in [5.74, 6) is 0.169. The van der Waals surface area contributed by atoms with Crippen molar-refractivity contribution in [2.75, 3.05) is 13.2 Å². The van der Waals surface area contributed by atoms with Gasteiger partial charge in [-0.1, -0.05) is 24.3 Å².